The number of hydrogen-bond donors (Lipinski definition) is 2. The van der Waals surface area contributed by atoms with Gasteiger partial charge in [-0.15, -0.1) is 0 Å². The predicted octanol–water partition coefficient (Wildman–Crippen LogP) is 3.05. The number of ketones is 1. The molecule has 0 saturated carbocycles. The first-order chi connectivity index (χ1) is 11.4. The Morgan fingerprint density at radius 3 is 2.33 bits per heavy atom. The van der Waals surface area contributed by atoms with Crippen molar-refractivity contribution in [1.82, 2.24) is 5.32 Å². The molecule has 0 aliphatic heterocycles. The first-order valence-electron chi connectivity index (χ1n) is 7.01. The smallest absolute Gasteiger partial charge is 0.256 e. The third kappa shape index (κ3) is 4.39. The van der Waals surface area contributed by atoms with Gasteiger partial charge in [-0.25, -0.2) is 4.39 Å². The highest BCUT2D eigenvalue weighted by atomic mass is 35.5. The van der Waals surface area contributed by atoms with E-state index in [4.69, 9.17) is 11.6 Å². The molecule has 2 aromatic rings. The van der Waals surface area contributed by atoms with E-state index in [-0.39, 0.29) is 22.9 Å². The Hall–Kier alpha value is -2.73. The van der Waals surface area contributed by atoms with Crippen molar-refractivity contribution in [2.75, 3.05) is 11.9 Å². The number of hydrogen-bond acceptors (Lipinski definition) is 3. The van der Waals surface area contributed by atoms with Crippen molar-refractivity contribution in [3.8, 4) is 0 Å². The zero-order valence-corrected chi connectivity index (χ0v) is 13.5. The molecule has 0 aliphatic carbocycles. The monoisotopic (exact) mass is 348 g/mol. The van der Waals surface area contributed by atoms with Gasteiger partial charge < -0.3 is 10.6 Å². The van der Waals surface area contributed by atoms with Crippen LogP contribution in [-0.2, 0) is 4.79 Å². The zero-order valence-electron chi connectivity index (χ0n) is 12.7. The van der Waals surface area contributed by atoms with E-state index in [1.54, 1.807) is 24.3 Å². The molecular formula is C17H14ClFN2O3. The molecule has 7 heteroatoms. The Balaban J connectivity index is 1.93. The molecule has 24 heavy (non-hydrogen) atoms. The second kappa shape index (κ2) is 7.70. The largest absolute Gasteiger partial charge is 0.343 e. The average Bonchev–Trinajstić information content (AvgIpc) is 2.53. The number of benzene rings is 2. The van der Waals surface area contributed by atoms with Crippen LogP contribution in [0.3, 0.4) is 0 Å². The molecule has 124 valence electrons. The molecule has 2 N–H and O–H groups in total. The lowest BCUT2D eigenvalue weighted by Crippen LogP contribution is -2.33. The number of amides is 2. The van der Waals surface area contributed by atoms with Crippen molar-refractivity contribution in [2.24, 2.45) is 0 Å². The molecule has 0 unspecified atom stereocenters. The Bertz CT molecular complexity index is 771. The highest BCUT2D eigenvalue weighted by Gasteiger charge is 2.16. The average molecular weight is 349 g/mol. The van der Waals surface area contributed by atoms with Crippen LogP contribution in [0.15, 0.2) is 42.5 Å². The Kier molecular flexibility index (Phi) is 5.65. The van der Waals surface area contributed by atoms with Gasteiger partial charge in [-0.1, -0.05) is 17.7 Å². The second-order valence-corrected chi connectivity index (χ2v) is 5.37. The first kappa shape index (κ1) is 17.6. The quantitative estimate of drug-likeness (QED) is 0.815. The summed E-state index contributed by atoms with van der Waals surface area (Å²) in [5, 5.41) is 4.82. The van der Waals surface area contributed by atoms with E-state index in [9.17, 15) is 18.8 Å². The summed E-state index contributed by atoms with van der Waals surface area (Å²) in [6, 6.07) is 10.2. The first-order valence-corrected chi connectivity index (χ1v) is 7.39. The highest BCUT2D eigenvalue weighted by Crippen LogP contribution is 2.18. The van der Waals surface area contributed by atoms with Crippen LogP contribution in [-0.4, -0.2) is 24.1 Å². The third-order valence-electron chi connectivity index (χ3n) is 3.17. The maximum Gasteiger partial charge on any atom is 0.256 e. The summed E-state index contributed by atoms with van der Waals surface area (Å²) in [5.41, 5.74) is 0.691. The van der Waals surface area contributed by atoms with Gasteiger partial charge in [0.15, 0.2) is 5.78 Å². The van der Waals surface area contributed by atoms with Crippen LogP contribution in [0.25, 0.3) is 0 Å². The van der Waals surface area contributed by atoms with Crippen LogP contribution in [0.1, 0.15) is 27.6 Å². The van der Waals surface area contributed by atoms with E-state index in [2.05, 4.69) is 10.6 Å². The van der Waals surface area contributed by atoms with Gasteiger partial charge in [-0.3, -0.25) is 14.4 Å². The van der Waals surface area contributed by atoms with E-state index in [1.165, 1.54) is 19.1 Å². The second-order valence-electron chi connectivity index (χ2n) is 4.96. The number of nitrogens with one attached hydrogen (secondary N) is 2. The van der Waals surface area contributed by atoms with Crippen LogP contribution < -0.4 is 10.6 Å². The van der Waals surface area contributed by atoms with Crippen LogP contribution in [0.4, 0.5) is 10.1 Å². The summed E-state index contributed by atoms with van der Waals surface area (Å²) in [6.07, 6.45) is 0. The lowest BCUT2D eigenvalue weighted by atomic mass is 10.1. The van der Waals surface area contributed by atoms with E-state index in [1.807, 2.05) is 0 Å². The summed E-state index contributed by atoms with van der Waals surface area (Å²) in [5.74, 6) is -2.12. The molecule has 0 heterocycles. The Labute approximate surface area is 142 Å². The standard InChI is InChI=1S/C17H14ClFN2O3/c1-10(22)11-5-7-12(8-6-11)21-15(23)9-20-17(24)16-13(18)3-2-4-14(16)19/h2-8H,9H2,1H3,(H,20,24)(H,21,23). The van der Waals surface area contributed by atoms with Crippen molar-refractivity contribution in [3.05, 3.63) is 64.4 Å². The SMILES string of the molecule is CC(=O)c1ccc(NC(=O)CNC(=O)c2c(F)cccc2Cl)cc1. The van der Waals surface area contributed by atoms with Gasteiger partial charge in [0.05, 0.1) is 17.1 Å². The molecule has 0 radical (unpaired) electrons. The Morgan fingerprint density at radius 2 is 1.75 bits per heavy atom. The van der Waals surface area contributed by atoms with Crippen molar-refractivity contribution in [2.45, 2.75) is 6.92 Å². The molecule has 0 atom stereocenters. The summed E-state index contributed by atoms with van der Waals surface area (Å²) < 4.78 is 13.6. The number of halogens is 2. The van der Waals surface area contributed by atoms with E-state index in [0.29, 0.717) is 11.3 Å². The molecule has 2 aromatic carbocycles. The van der Waals surface area contributed by atoms with Crippen molar-refractivity contribution in [1.29, 1.82) is 0 Å². The number of Topliss-reactive ketones (excluding diaryl/α,β-unsaturated/α-hetero) is 1. The molecule has 2 rings (SSSR count). The van der Waals surface area contributed by atoms with Gasteiger partial charge >= 0.3 is 0 Å². The van der Waals surface area contributed by atoms with E-state index < -0.39 is 17.6 Å². The fourth-order valence-electron chi connectivity index (χ4n) is 1.96. The maximum atomic E-state index is 13.6. The number of rotatable bonds is 5. The number of carbonyl (C=O) groups excluding carboxylic acids is 3. The van der Waals surface area contributed by atoms with Crippen LogP contribution >= 0.6 is 11.6 Å². The fraction of sp³-hybridized carbons (Fsp3) is 0.118. The maximum absolute atomic E-state index is 13.6. The van der Waals surface area contributed by atoms with Gasteiger partial charge in [-0.2, -0.15) is 0 Å². The van der Waals surface area contributed by atoms with E-state index in [0.717, 1.165) is 6.07 Å². The van der Waals surface area contributed by atoms with Crippen molar-refractivity contribution in [3.63, 3.8) is 0 Å². The van der Waals surface area contributed by atoms with Crippen molar-refractivity contribution >= 4 is 34.9 Å². The summed E-state index contributed by atoms with van der Waals surface area (Å²) in [7, 11) is 0. The molecule has 0 aliphatic rings. The summed E-state index contributed by atoms with van der Waals surface area (Å²) in [4.78, 5) is 34.9. The lowest BCUT2D eigenvalue weighted by Gasteiger charge is -2.09. The summed E-state index contributed by atoms with van der Waals surface area (Å²) in [6.45, 7) is 1.09. The van der Waals surface area contributed by atoms with Gasteiger partial charge in [0.25, 0.3) is 5.91 Å². The number of carbonyl (C=O) groups is 3. The minimum Gasteiger partial charge on any atom is -0.343 e. The van der Waals surface area contributed by atoms with Gasteiger partial charge in [0.2, 0.25) is 5.91 Å². The normalized spacial score (nSPS) is 10.1. The molecule has 0 fully saturated rings. The number of anilines is 1. The van der Waals surface area contributed by atoms with Crippen LogP contribution in [0.2, 0.25) is 5.02 Å². The molecule has 0 bridgehead atoms. The minimum absolute atomic E-state index is 0.0345. The van der Waals surface area contributed by atoms with Crippen molar-refractivity contribution < 1.29 is 18.8 Å². The summed E-state index contributed by atoms with van der Waals surface area (Å²) >= 11 is 5.78. The van der Waals surface area contributed by atoms with Gasteiger partial charge in [0, 0.05) is 11.3 Å². The van der Waals surface area contributed by atoms with Gasteiger partial charge in [0.1, 0.15) is 5.82 Å². The molecule has 0 aromatic heterocycles. The van der Waals surface area contributed by atoms with Gasteiger partial charge in [-0.05, 0) is 43.3 Å². The molecule has 0 spiro atoms. The highest BCUT2D eigenvalue weighted by molar-refractivity contribution is 6.33. The van der Waals surface area contributed by atoms with E-state index >= 15 is 0 Å². The lowest BCUT2D eigenvalue weighted by molar-refractivity contribution is -0.115. The zero-order chi connectivity index (χ0) is 17.7. The molecule has 5 nitrogen and oxygen atoms in total. The topological polar surface area (TPSA) is 75.3 Å². The minimum atomic E-state index is -0.778. The van der Waals surface area contributed by atoms with Crippen LogP contribution in [0, 0.1) is 5.82 Å². The molecular weight excluding hydrogens is 335 g/mol. The van der Waals surface area contributed by atoms with Crippen LogP contribution in [0.5, 0.6) is 0 Å². The Morgan fingerprint density at radius 1 is 1.08 bits per heavy atom. The predicted molar refractivity (Wildman–Crippen MR) is 88.8 cm³/mol. The fourth-order valence-corrected chi connectivity index (χ4v) is 2.21. The molecule has 0 saturated heterocycles. The molecule has 2 amide bonds. The third-order valence-corrected chi connectivity index (χ3v) is 3.49.